The van der Waals surface area contributed by atoms with E-state index in [4.69, 9.17) is 9.47 Å². The summed E-state index contributed by atoms with van der Waals surface area (Å²) in [5.74, 6) is 1.29. The molecule has 1 aliphatic rings. The van der Waals surface area contributed by atoms with E-state index in [0.29, 0.717) is 19.1 Å². The molecule has 0 aliphatic carbocycles. The van der Waals surface area contributed by atoms with Crippen molar-refractivity contribution in [2.75, 3.05) is 19.7 Å². The van der Waals surface area contributed by atoms with Gasteiger partial charge in [-0.2, -0.15) is 0 Å². The zero-order chi connectivity index (χ0) is 16.3. The van der Waals surface area contributed by atoms with Crippen LogP contribution in [0, 0.1) is 16.4 Å². The summed E-state index contributed by atoms with van der Waals surface area (Å²) in [7, 11) is 0. The normalized spacial score (nSPS) is 18.4. The third kappa shape index (κ3) is 5.04. The number of benzene rings is 1. The Balaban J connectivity index is 1.82. The van der Waals surface area contributed by atoms with E-state index < -0.39 is 5.60 Å². The van der Waals surface area contributed by atoms with Crippen molar-refractivity contribution in [3.05, 3.63) is 27.3 Å². The number of carbonyl (C=O) groups is 1. The van der Waals surface area contributed by atoms with Gasteiger partial charge < -0.3 is 14.4 Å². The van der Waals surface area contributed by atoms with Gasteiger partial charge in [0.2, 0.25) is 0 Å². The highest BCUT2D eigenvalue weighted by atomic mass is 127. The Morgan fingerprint density at radius 3 is 2.77 bits per heavy atom. The van der Waals surface area contributed by atoms with Gasteiger partial charge in [0.15, 0.2) is 0 Å². The van der Waals surface area contributed by atoms with Crippen LogP contribution in [0.4, 0.5) is 4.79 Å². The maximum Gasteiger partial charge on any atom is 0.410 e. The number of carbonyl (C=O) groups excluding carboxylic acids is 1. The molecule has 1 heterocycles. The number of ether oxygens (including phenoxy) is 2. The van der Waals surface area contributed by atoms with Crippen LogP contribution in [0.15, 0.2) is 18.2 Å². The molecule has 1 aromatic rings. The first-order valence-electron chi connectivity index (χ1n) is 7.61. The first-order valence-corrected chi connectivity index (χ1v) is 8.69. The average Bonchev–Trinajstić information content (AvgIpc) is 2.84. The van der Waals surface area contributed by atoms with Crippen molar-refractivity contribution >= 4 is 28.7 Å². The molecule has 0 aromatic heterocycles. The summed E-state index contributed by atoms with van der Waals surface area (Å²) in [6.45, 7) is 9.82. The summed E-state index contributed by atoms with van der Waals surface area (Å²) in [6, 6.07) is 6.17. The predicted octanol–water partition coefficient (Wildman–Crippen LogP) is 4.24. The minimum Gasteiger partial charge on any atom is -0.493 e. The molecule has 0 radical (unpaired) electrons. The minimum atomic E-state index is -0.441. The fraction of sp³-hybridized carbons (Fsp3) is 0.588. The molecular weight excluding hydrogens is 393 g/mol. The molecule has 0 spiro atoms. The molecule has 1 aromatic carbocycles. The number of hydrogen-bond donors (Lipinski definition) is 0. The van der Waals surface area contributed by atoms with Crippen LogP contribution < -0.4 is 4.74 Å². The zero-order valence-corrected chi connectivity index (χ0v) is 15.8. The molecule has 1 aliphatic heterocycles. The smallest absolute Gasteiger partial charge is 0.410 e. The molecule has 0 saturated carbocycles. The molecule has 1 amide bonds. The van der Waals surface area contributed by atoms with Crippen LogP contribution in [-0.4, -0.2) is 36.3 Å². The maximum absolute atomic E-state index is 12.0. The fourth-order valence-electron chi connectivity index (χ4n) is 2.44. The molecule has 1 atom stereocenters. The number of amides is 1. The number of likely N-dealkylation sites (tertiary alicyclic amines) is 1. The Morgan fingerprint density at radius 2 is 2.14 bits per heavy atom. The number of aryl methyl sites for hydroxylation is 1. The average molecular weight is 417 g/mol. The molecule has 1 unspecified atom stereocenters. The lowest BCUT2D eigenvalue weighted by molar-refractivity contribution is 0.0285. The quantitative estimate of drug-likeness (QED) is 0.691. The Hall–Kier alpha value is -0.980. The monoisotopic (exact) mass is 417 g/mol. The molecule has 22 heavy (non-hydrogen) atoms. The molecule has 0 bridgehead atoms. The van der Waals surface area contributed by atoms with Gasteiger partial charge in [0, 0.05) is 22.6 Å². The van der Waals surface area contributed by atoms with Crippen molar-refractivity contribution in [3.8, 4) is 5.75 Å². The molecule has 1 saturated heterocycles. The summed E-state index contributed by atoms with van der Waals surface area (Å²) in [4.78, 5) is 13.8. The van der Waals surface area contributed by atoms with Crippen LogP contribution >= 0.6 is 22.6 Å². The molecular formula is C17H24INO3. The second-order valence-electron chi connectivity index (χ2n) is 6.80. The topological polar surface area (TPSA) is 38.8 Å². The van der Waals surface area contributed by atoms with E-state index in [1.165, 1.54) is 3.57 Å². The first kappa shape index (κ1) is 17.4. The van der Waals surface area contributed by atoms with Gasteiger partial charge in [-0.1, -0.05) is 0 Å². The van der Waals surface area contributed by atoms with Crippen LogP contribution in [-0.2, 0) is 4.74 Å². The summed E-state index contributed by atoms with van der Waals surface area (Å²) >= 11 is 2.30. The Kier molecular flexibility index (Phi) is 5.58. The highest BCUT2D eigenvalue weighted by molar-refractivity contribution is 14.1. The van der Waals surface area contributed by atoms with Crippen molar-refractivity contribution in [1.82, 2.24) is 4.90 Å². The van der Waals surface area contributed by atoms with Crippen LogP contribution in [0.3, 0.4) is 0 Å². The lowest BCUT2D eigenvalue weighted by atomic mass is 10.1. The molecule has 2 rings (SSSR count). The standard InChI is InChI=1S/C17H24INO3/c1-12-9-14(18)5-6-15(12)21-11-13-7-8-19(10-13)16(20)22-17(2,3)4/h5-6,9,13H,7-8,10-11H2,1-4H3. The highest BCUT2D eigenvalue weighted by Crippen LogP contribution is 2.24. The maximum atomic E-state index is 12.0. The third-order valence-electron chi connectivity index (χ3n) is 3.55. The van der Waals surface area contributed by atoms with E-state index in [0.717, 1.165) is 24.3 Å². The Bertz CT molecular complexity index is 539. The predicted molar refractivity (Wildman–Crippen MR) is 95.3 cm³/mol. The van der Waals surface area contributed by atoms with E-state index in [1.807, 2.05) is 32.9 Å². The van der Waals surface area contributed by atoms with E-state index in [2.05, 4.69) is 35.6 Å². The lowest BCUT2D eigenvalue weighted by Gasteiger charge is -2.24. The van der Waals surface area contributed by atoms with Crippen LogP contribution in [0.1, 0.15) is 32.8 Å². The van der Waals surface area contributed by atoms with E-state index >= 15 is 0 Å². The van der Waals surface area contributed by atoms with Crippen molar-refractivity contribution in [3.63, 3.8) is 0 Å². The summed E-state index contributed by atoms with van der Waals surface area (Å²) in [5, 5.41) is 0. The lowest BCUT2D eigenvalue weighted by Crippen LogP contribution is -2.35. The Morgan fingerprint density at radius 1 is 1.41 bits per heavy atom. The number of rotatable bonds is 3. The van der Waals surface area contributed by atoms with Crippen molar-refractivity contribution in [2.45, 2.75) is 39.7 Å². The van der Waals surface area contributed by atoms with E-state index in [1.54, 1.807) is 4.90 Å². The molecule has 0 N–H and O–H groups in total. The van der Waals surface area contributed by atoms with Gasteiger partial charge in [-0.25, -0.2) is 4.79 Å². The van der Waals surface area contributed by atoms with Gasteiger partial charge in [0.05, 0.1) is 6.61 Å². The molecule has 122 valence electrons. The Labute approximate surface area is 146 Å². The number of nitrogens with zero attached hydrogens (tertiary/aromatic N) is 1. The number of hydrogen-bond acceptors (Lipinski definition) is 3. The van der Waals surface area contributed by atoms with Gasteiger partial charge in [0.1, 0.15) is 11.4 Å². The van der Waals surface area contributed by atoms with E-state index in [9.17, 15) is 4.79 Å². The van der Waals surface area contributed by atoms with Gasteiger partial charge in [-0.15, -0.1) is 0 Å². The second-order valence-corrected chi connectivity index (χ2v) is 8.05. The molecule has 1 fully saturated rings. The largest absolute Gasteiger partial charge is 0.493 e. The molecule has 5 heteroatoms. The second kappa shape index (κ2) is 7.06. The van der Waals surface area contributed by atoms with Crippen LogP contribution in [0.25, 0.3) is 0 Å². The summed E-state index contributed by atoms with van der Waals surface area (Å²) < 4.78 is 12.5. The molecule has 4 nitrogen and oxygen atoms in total. The third-order valence-corrected chi connectivity index (χ3v) is 4.22. The van der Waals surface area contributed by atoms with Crippen molar-refractivity contribution in [1.29, 1.82) is 0 Å². The van der Waals surface area contributed by atoms with Crippen molar-refractivity contribution < 1.29 is 14.3 Å². The highest BCUT2D eigenvalue weighted by Gasteiger charge is 2.30. The zero-order valence-electron chi connectivity index (χ0n) is 13.7. The first-order chi connectivity index (χ1) is 10.2. The van der Waals surface area contributed by atoms with Gasteiger partial charge >= 0.3 is 6.09 Å². The SMILES string of the molecule is Cc1cc(I)ccc1OCC1CCN(C(=O)OC(C)(C)C)C1. The van der Waals surface area contributed by atoms with E-state index in [-0.39, 0.29) is 6.09 Å². The van der Waals surface area contributed by atoms with Gasteiger partial charge in [-0.3, -0.25) is 0 Å². The van der Waals surface area contributed by atoms with Gasteiger partial charge in [-0.05, 0) is 80.5 Å². The van der Waals surface area contributed by atoms with Gasteiger partial charge in [0.25, 0.3) is 0 Å². The fourth-order valence-corrected chi connectivity index (χ4v) is 3.09. The summed E-state index contributed by atoms with van der Waals surface area (Å²) in [5.41, 5.74) is 0.707. The number of halogens is 1. The van der Waals surface area contributed by atoms with Crippen LogP contribution in [0.2, 0.25) is 0 Å². The summed E-state index contributed by atoms with van der Waals surface area (Å²) in [6.07, 6.45) is 0.739. The van der Waals surface area contributed by atoms with Crippen LogP contribution in [0.5, 0.6) is 5.75 Å². The van der Waals surface area contributed by atoms with Crippen molar-refractivity contribution in [2.24, 2.45) is 5.92 Å². The minimum absolute atomic E-state index is 0.222.